The van der Waals surface area contributed by atoms with Gasteiger partial charge in [-0.1, -0.05) is 32.4 Å². The van der Waals surface area contributed by atoms with Gasteiger partial charge in [0.05, 0.1) is 5.02 Å². The summed E-state index contributed by atoms with van der Waals surface area (Å²) in [7, 11) is 0. The molecule has 0 aliphatic carbocycles. The van der Waals surface area contributed by atoms with Gasteiger partial charge in [0.2, 0.25) is 6.79 Å². The number of aromatic nitrogens is 1. The third-order valence-corrected chi connectivity index (χ3v) is 4.59. The standard InChI is InChI=1S/C14H15ClN2O2S/c1-14(2,3)13-17-10(12(16)20-13)7-4-8(15)11-9(5-7)18-6-19-11/h4-5H,6,16H2,1-3H3. The maximum Gasteiger partial charge on any atom is 0.231 e. The number of benzene rings is 1. The normalized spacial score (nSPS) is 13.8. The average Bonchev–Trinajstić information content (AvgIpc) is 2.94. The molecule has 0 bridgehead atoms. The topological polar surface area (TPSA) is 57.4 Å². The van der Waals surface area contributed by atoms with E-state index in [0.29, 0.717) is 21.5 Å². The Morgan fingerprint density at radius 3 is 2.70 bits per heavy atom. The number of nitrogen functional groups attached to an aromatic ring is 1. The number of ether oxygens (including phenoxy) is 2. The van der Waals surface area contributed by atoms with Crippen LogP contribution in [-0.2, 0) is 5.41 Å². The fourth-order valence-corrected chi connectivity index (χ4v) is 3.14. The quantitative estimate of drug-likeness (QED) is 0.862. The van der Waals surface area contributed by atoms with Gasteiger partial charge in [-0.05, 0) is 12.1 Å². The summed E-state index contributed by atoms with van der Waals surface area (Å²) >= 11 is 7.71. The molecule has 0 saturated heterocycles. The van der Waals surface area contributed by atoms with Crippen LogP contribution in [-0.4, -0.2) is 11.8 Å². The third-order valence-electron chi connectivity index (χ3n) is 3.00. The highest BCUT2D eigenvalue weighted by Crippen LogP contribution is 2.44. The van der Waals surface area contributed by atoms with Crippen LogP contribution in [0.3, 0.4) is 0 Å². The summed E-state index contributed by atoms with van der Waals surface area (Å²) in [5.74, 6) is 1.22. The lowest BCUT2D eigenvalue weighted by Gasteiger charge is -2.13. The van der Waals surface area contributed by atoms with Gasteiger partial charge in [0.15, 0.2) is 11.5 Å². The zero-order valence-corrected chi connectivity index (χ0v) is 13.1. The molecule has 1 aliphatic heterocycles. The summed E-state index contributed by atoms with van der Waals surface area (Å²) in [6, 6.07) is 3.68. The first-order valence-corrected chi connectivity index (χ1v) is 7.42. The molecule has 20 heavy (non-hydrogen) atoms. The van der Waals surface area contributed by atoms with Crippen molar-refractivity contribution in [1.82, 2.24) is 4.98 Å². The predicted octanol–water partition coefficient (Wildman–Crippen LogP) is 4.07. The van der Waals surface area contributed by atoms with E-state index in [1.165, 1.54) is 11.3 Å². The van der Waals surface area contributed by atoms with Crippen molar-refractivity contribution in [2.45, 2.75) is 26.2 Å². The minimum atomic E-state index is -0.0306. The van der Waals surface area contributed by atoms with Gasteiger partial charge < -0.3 is 15.2 Å². The van der Waals surface area contributed by atoms with Gasteiger partial charge in [-0.2, -0.15) is 0 Å². The molecular formula is C14H15ClN2O2S. The lowest BCUT2D eigenvalue weighted by atomic mass is 9.98. The molecule has 4 nitrogen and oxygen atoms in total. The van der Waals surface area contributed by atoms with Gasteiger partial charge in [-0.25, -0.2) is 4.98 Å². The first-order chi connectivity index (χ1) is 9.36. The Morgan fingerprint density at radius 1 is 1.30 bits per heavy atom. The predicted molar refractivity (Wildman–Crippen MR) is 81.8 cm³/mol. The largest absolute Gasteiger partial charge is 0.454 e. The Balaban J connectivity index is 2.10. The Labute approximate surface area is 126 Å². The van der Waals surface area contributed by atoms with E-state index in [2.05, 4.69) is 25.8 Å². The van der Waals surface area contributed by atoms with Crippen molar-refractivity contribution in [2.75, 3.05) is 12.5 Å². The number of hydrogen-bond acceptors (Lipinski definition) is 5. The highest BCUT2D eigenvalue weighted by Gasteiger charge is 2.24. The Morgan fingerprint density at radius 2 is 2.05 bits per heavy atom. The van der Waals surface area contributed by atoms with Gasteiger partial charge >= 0.3 is 0 Å². The smallest absolute Gasteiger partial charge is 0.231 e. The number of nitrogens with two attached hydrogens (primary N) is 1. The lowest BCUT2D eigenvalue weighted by Crippen LogP contribution is -2.10. The molecule has 3 rings (SSSR count). The number of rotatable bonds is 1. The summed E-state index contributed by atoms with van der Waals surface area (Å²) in [5.41, 5.74) is 7.68. The van der Waals surface area contributed by atoms with E-state index in [1.54, 1.807) is 0 Å². The molecule has 2 N–H and O–H groups in total. The minimum absolute atomic E-state index is 0.0306. The minimum Gasteiger partial charge on any atom is -0.454 e. The molecule has 6 heteroatoms. The van der Waals surface area contributed by atoms with E-state index in [0.717, 1.165) is 16.3 Å². The van der Waals surface area contributed by atoms with Crippen molar-refractivity contribution >= 4 is 27.9 Å². The fraction of sp³-hybridized carbons (Fsp3) is 0.357. The van der Waals surface area contributed by atoms with Crippen molar-refractivity contribution in [1.29, 1.82) is 0 Å². The van der Waals surface area contributed by atoms with Crippen molar-refractivity contribution in [2.24, 2.45) is 0 Å². The number of halogens is 1. The number of hydrogen-bond donors (Lipinski definition) is 1. The molecule has 1 aromatic carbocycles. The van der Waals surface area contributed by atoms with E-state index >= 15 is 0 Å². The molecule has 2 aromatic rings. The number of nitrogens with zero attached hydrogens (tertiary/aromatic N) is 1. The van der Waals surface area contributed by atoms with E-state index in [9.17, 15) is 0 Å². The molecule has 0 saturated carbocycles. The van der Waals surface area contributed by atoms with Crippen LogP contribution in [0.4, 0.5) is 5.00 Å². The maximum absolute atomic E-state index is 6.20. The van der Waals surface area contributed by atoms with Crippen molar-refractivity contribution in [3.63, 3.8) is 0 Å². The van der Waals surface area contributed by atoms with Crippen LogP contribution in [0.2, 0.25) is 5.02 Å². The van der Waals surface area contributed by atoms with Gasteiger partial charge in [0, 0.05) is 11.0 Å². The molecule has 1 aliphatic rings. The summed E-state index contributed by atoms with van der Waals surface area (Å²) < 4.78 is 10.7. The molecule has 106 valence electrons. The van der Waals surface area contributed by atoms with Gasteiger partial charge in [0.25, 0.3) is 0 Å². The second-order valence-electron chi connectivity index (χ2n) is 5.67. The molecule has 0 spiro atoms. The van der Waals surface area contributed by atoms with Gasteiger partial charge in [0.1, 0.15) is 15.7 Å². The van der Waals surface area contributed by atoms with Crippen molar-refractivity contribution in [3.05, 3.63) is 22.2 Å². The van der Waals surface area contributed by atoms with Crippen LogP contribution < -0.4 is 15.2 Å². The molecule has 0 atom stereocenters. The number of thiazole rings is 1. The molecule has 0 unspecified atom stereocenters. The highest BCUT2D eigenvalue weighted by atomic mass is 35.5. The first kappa shape index (κ1) is 13.5. The van der Waals surface area contributed by atoms with E-state index < -0.39 is 0 Å². The molecular weight excluding hydrogens is 296 g/mol. The highest BCUT2D eigenvalue weighted by molar-refractivity contribution is 7.16. The summed E-state index contributed by atoms with van der Waals surface area (Å²) in [4.78, 5) is 4.66. The van der Waals surface area contributed by atoms with Crippen LogP contribution >= 0.6 is 22.9 Å². The third kappa shape index (κ3) is 2.21. The number of fused-ring (bicyclic) bond motifs is 1. The Bertz CT molecular complexity index is 677. The molecule has 0 fully saturated rings. The van der Waals surface area contributed by atoms with Crippen LogP contribution in [0.1, 0.15) is 25.8 Å². The fourth-order valence-electron chi connectivity index (χ4n) is 1.96. The van der Waals surface area contributed by atoms with Crippen molar-refractivity contribution in [3.8, 4) is 22.8 Å². The summed E-state index contributed by atoms with van der Waals surface area (Å²) in [6.45, 7) is 6.53. The second kappa shape index (κ2) is 4.53. The zero-order chi connectivity index (χ0) is 14.5. The van der Waals surface area contributed by atoms with Crippen LogP contribution in [0.25, 0.3) is 11.3 Å². The maximum atomic E-state index is 6.20. The van der Waals surface area contributed by atoms with E-state index in [4.69, 9.17) is 26.8 Å². The van der Waals surface area contributed by atoms with Gasteiger partial charge in [-0.15, -0.1) is 11.3 Å². The van der Waals surface area contributed by atoms with Crippen LogP contribution in [0.15, 0.2) is 12.1 Å². The van der Waals surface area contributed by atoms with Crippen molar-refractivity contribution < 1.29 is 9.47 Å². The summed E-state index contributed by atoms with van der Waals surface area (Å²) in [5, 5.41) is 2.20. The van der Waals surface area contributed by atoms with Gasteiger partial charge in [-0.3, -0.25) is 0 Å². The number of anilines is 1. The molecule has 0 amide bonds. The lowest BCUT2D eigenvalue weighted by molar-refractivity contribution is 0.174. The monoisotopic (exact) mass is 310 g/mol. The molecule has 2 heterocycles. The van der Waals surface area contributed by atoms with E-state index in [-0.39, 0.29) is 12.2 Å². The zero-order valence-electron chi connectivity index (χ0n) is 11.5. The Hall–Kier alpha value is -1.46. The Kier molecular flexibility index (Phi) is 3.06. The van der Waals surface area contributed by atoms with Crippen LogP contribution in [0.5, 0.6) is 11.5 Å². The summed E-state index contributed by atoms with van der Waals surface area (Å²) in [6.07, 6.45) is 0. The average molecular weight is 311 g/mol. The molecule has 1 aromatic heterocycles. The van der Waals surface area contributed by atoms with Crippen LogP contribution in [0, 0.1) is 0 Å². The molecule has 0 radical (unpaired) electrons. The SMILES string of the molecule is CC(C)(C)c1nc(-c2cc(Cl)c3c(c2)OCO3)c(N)s1. The second-order valence-corrected chi connectivity index (χ2v) is 7.11. The first-order valence-electron chi connectivity index (χ1n) is 6.22. The van der Waals surface area contributed by atoms with E-state index in [1.807, 2.05) is 12.1 Å².